The molecule has 0 saturated heterocycles. The van der Waals surface area contributed by atoms with E-state index < -0.39 is 0 Å². The molecule has 2 atom stereocenters. The van der Waals surface area contributed by atoms with Crippen LogP contribution in [0.3, 0.4) is 0 Å². The van der Waals surface area contributed by atoms with E-state index >= 15 is 0 Å². The molecule has 0 aromatic heterocycles. The van der Waals surface area contributed by atoms with Crippen LogP contribution in [0, 0.1) is 17.8 Å². The van der Waals surface area contributed by atoms with Crippen LogP contribution in [0.25, 0.3) is 0 Å². The van der Waals surface area contributed by atoms with E-state index in [1.807, 2.05) is 12.1 Å². The molecule has 2 heteroatoms. The summed E-state index contributed by atoms with van der Waals surface area (Å²) in [7, 11) is 0. The van der Waals surface area contributed by atoms with Gasteiger partial charge in [0.05, 0.1) is 0 Å². The Morgan fingerprint density at radius 2 is 1.95 bits per heavy atom. The third-order valence-electron chi connectivity index (χ3n) is 4.22. The van der Waals surface area contributed by atoms with Crippen LogP contribution in [-0.4, -0.2) is 13.1 Å². The third-order valence-corrected chi connectivity index (χ3v) is 4.58. The van der Waals surface area contributed by atoms with Crippen LogP contribution in [0.4, 0.5) is 0 Å². The molecule has 106 valence electrons. The van der Waals surface area contributed by atoms with E-state index in [9.17, 15) is 0 Å². The normalized spacial score (nSPS) is 23.2. The molecule has 0 radical (unpaired) electrons. The summed E-state index contributed by atoms with van der Waals surface area (Å²) in [5.41, 5.74) is 1.32. The first-order chi connectivity index (χ1) is 9.16. The van der Waals surface area contributed by atoms with Crippen molar-refractivity contribution >= 4 is 11.6 Å². The third kappa shape index (κ3) is 4.50. The van der Waals surface area contributed by atoms with E-state index in [0.717, 1.165) is 35.7 Å². The Kier molecular flexibility index (Phi) is 5.72. The van der Waals surface area contributed by atoms with Gasteiger partial charge in [0.25, 0.3) is 0 Å². The molecule has 1 aliphatic carbocycles. The van der Waals surface area contributed by atoms with Gasteiger partial charge in [-0.1, -0.05) is 50.1 Å². The van der Waals surface area contributed by atoms with Crippen molar-refractivity contribution in [2.45, 2.75) is 39.5 Å². The minimum atomic E-state index is 0.739. The topological polar surface area (TPSA) is 12.0 Å². The molecule has 2 rings (SSSR count). The first-order valence-electron chi connectivity index (χ1n) is 7.61. The fourth-order valence-corrected chi connectivity index (χ4v) is 3.37. The van der Waals surface area contributed by atoms with E-state index in [-0.39, 0.29) is 0 Å². The first-order valence-corrected chi connectivity index (χ1v) is 7.98. The zero-order chi connectivity index (χ0) is 13.7. The summed E-state index contributed by atoms with van der Waals surface area (Å²) < 4.78 is 0. The van der Waals surface area contributed by atoms with E-state index in [2.05, 4.69) is 31.3 Å². The monoisotopic (exact) mass is 279 g/mol. The first kappa shape index (κ1) is 14.9. The van der Waals surface area contributed by atoms with Gasteiger partial charge < -0.3 is 5.32 Å². The van der Waals surface area contributed by atoms with Crippen molar-refractivity contribution in [3.05, 3.63) is 34.9 Å². The molecule has 1 aliphatic rings. The van der Waals surface area contributed by atoms with Gasteiger partial charge in [-0.3, -0.25) is 0 Å². The molecule has 2 unspecified atom stereocenters. The molecule has 1 aromatic carbocycles. The average molecular weight is 280 g/mol. The van der Waals surface area contributed by atoms with Gasteiger partial charge in [0, 0.05) is 5.02 Å². The fraction of sp³-hybridized carbons (Fsp3) is 0.647. The second-order valence-corrected chi connectivity index (χ2v) is 6.71. The maximum absolute atomic E-state index is 6.28. The van der Waals surface area contributed by atoms with Crippen LogP contribution in [0.1, 0.15) is 38.7 Å². The molecule has 19 heavy (non-hydrogen) atoms. The van der Waals surface area contributed by atoms with Crippen LogP contribution in [0.2, 0.25) is 5.02 Å². The highest BCUT2D eigenvalue weighted by Crippen LogP contribution is 2.35. The van der Waals surface area contributed by atoms with Crippen molar-refractivity contribution in [2.24, 2.45) is 17.8 Å². The molecule has 1 nitrogen and oxygen atoms in total. The highest BCUT2D eigenvalue weighted by Gasteiger charge is 2.27. The summed E-state index contributed by atoms with van der Waals surface area (Å²) in [6.45, 7) is 6.84. The Bertz CT molecular complexity index is 389. The van der Waals surface area contributed by atoms with Crippen molar-refractivity contribution in [1.82, 2.24) is 5.32 Å². The molecule has 0 bridgehead atoms. The number of halogens is 1. The van der Waals surface area contributed by atoms with Gasteiger partial charge in [0.15, 0.2) is 0 Å². The summed E-state index contributed by atoms with van der Waals surface area (Å²) in [5, 5.41) is 4.56. The molecule has 0 amide bonds. The minimum Gasteiger partial charge on any atom is -0.316 e. The lowest BCUT2D eigenvalue weighted by atomic mass is 9.89. The van der Waals surface area contributed by atoms with Crippen LogP contribution >= 0.6 is 11.6 Å². The Morgan fingerprint density at radius 3 is 2.68 bits per heavy atom. The van der Waals surface area contributed by atoms with E-state index in [0.29, 0.717) is 0 Å². The van der Waals surface area contributed by atoms with Gasteiger partial charge in [0.2, 0.25) is 0 Å². The zero-order valence-corrected chi connectivity index (χ0v) is 12.9. The van der Waals surface area contributed by atoms with Gasteiger partial charge in [-0.05, 0) is 61.7 Å². The Labute approximate surface area is 122 Å². The van der Waals surface area contributed by atoms with Crippen LogP contribution in [-0.2, 0) is 6.42 Å². The Morgan fingerprint density at radius 1 is 1.21 bits per heavy atom. The fourth-order valence-electron chi connectivity index (χ4n) is 3.15. The zero-order valence-electron chi connectivity index (χ0n) is 12.2. The lowest BCUT2D eigenvalue weighted by molar-refractivity contribution is 0.357. The molecule has 1 fully saturated rings. The SMILES string of the molecule is CC(C)CNCC1CCCC1Cc1ccccc1Cl. The van der Waals surface area contributed by atoms with Gasteiger partial charge >= 0.3 is 0 Å². The molecular formula is C17H26ClN. The molecule has 0 spiro atoms. The van der Waals surface area contributed by atoms with Crippen molar-refractivity contribution < 1.29 is 0 Å². The number of hydrogen-bond acceptors (Lipinski definition) is 1. The van der Waals surface area contributed by atoms with E-state index in [4.69, 9.17) is 11.6 Å². The number of rotatable bonds is 6. The van der Waals surface area contributed by atoms with E-state index in [1.165, 1.54) is 31.4 Å². The molecule has 1 saturated carbocycles. The van der Waals surface area contributed by atoms with E-state index in [1.54, 1.807) is 0 Å². The minimum absolute atomic E-state index is 0.739. The summed E-state index contributed by atoms with van der Waals surface area (Å²) in [6, 6.07) is 8.31. The summed E-state index contributed by atoms with van der Waals surface area (Å²) in [6.07, 6.45) is 5.26. The number of benzene rings is 1. The van der Waals surface area contributed by atoms with Crippen LogP contribution in [0.5, 0.6) is 0 Å². The highest BCUT2D eigenvalue weighted by atomic mass is 35.5. The molecular weight excluding hydrogens is 254 g/mol. The second kappa shape index (κ2) is 7.31. The highest BCUT2D eigenvalue weighted by molar-refractivity contribution is 6.31. The summed E-state index contributed by atoms with van der Waals surface area (Å²) >= 11 is 6.28. The van der Waals surface area contributed by atoms with Crippen molar-refractivity contribution in [3.8, 4) is 0 Å². The quantitative estimate of drug-likeness (QED) is 0.806. The maximum atomic E-state index is 6.28. The second-order valence-electron chi connectivity index (χ2n) is 6.30. The molecule has 1 aromatic rings. The van der Waals surface area contributed by atoms with Gasteiger partial charge in [0.1, 0.15) is 0 Å². The predicted octanol–water partition coefficient (Wildman–Crippen LogP) is 4.54. The largest absolute Gasteiger partial charge is 0.316 e. The standard InChI is InChI=1S/C17H26ClN/c1-13(2)11-19-12-16-8-5-7-14(16)10-15-6-3-4-9-17(15)18/h3-4,6,9,13-14,16,19H,5,7-8,10-12H2,1-2H3. The van der Waals surface area contributed by atoms with Crippen molar-refractivity contribution in [2.75, 3.05) is 13.1 Å². The summed E-state index contributed by atoms with van der Waals surface area (Å²) in [5.74, 6) is 2.37. The maximum Gasteiger partial charge on any atom is 0.0438 e. The Balaban J connectivity index is 1.87. The molecule has 0 aliphatic heterocycles. The molecule has 0 heterocycles. The van der Waals surface area contributed by atoms with Crippen LogP contribution < -0.4 is 5.32 Å². The smallest absolute Gasteiger partial charge is 0.0438 e. The van der Waals surface area contributed by atoms with Gasteiger partial charge in [-0.25, -0.2) is 0 Å². The lowest BCUT2D eigenvalue weighted by Gasteiger charge is -2.21. The van der Waals surface area contributed by atoms with Crippen molar-refractivity contribution in [3.63, 3.8) is 0 Å². The average Bonchev–Trinajstić information content (AvgIpc) is 2.79. The van der Waals surface area contributed by atoms with Crippen molar-refractivity contribution in [1.29, 1.82) is 0 Å². The van der Waals surface area contributed by atoms with Crippen LogP contribution in [0.15, 0.2) is 24.3 Å². The molecule has 1 N–H and O–H groups in total. The number of nitrogens with one attached hydrogen (secondary N) is 1. The Hall–Kier alpha value is -0.530. The lowest BCUT2D eigenvalue weighted by Crippen LogP contribution is -2.29. The number of hydrogen-bond donors (Lipinski definition) is 1. The van der Waals surface area contributed by atoms with Gasteiger partial charge in [-0.15, -0.1) is 0 Å². The summed E-state index contributed by atoms with van der Waals surface area (Å²) in [4.78, 5) is 0. The predicted molar refractivity (Wildman–Crippen MR) is 83.7 cm³/mol. The van der Waals surface area contributed by atoms with Gasteiger partial charge in [-0.2, -0.15) is 0 Å².